The van der Waals surface area contributed by atoms with Gasteiger partial charge in [0.05, 0.1) is 12.8 Å². The molecule has 0 aromatic carbocycles. The largest absolute Gasteiger partial charge is 0.381 e. The first-order valence-electron chi connectivity index (χ1n) is 7.73. The molecule has 6 nitrogen and oxygen atoms in total. The average molecular weight is 302 g/mol. The number of hydrogen-bond acceptors (Lipinski definition) is 3. The van der Waals surface area contributed by atoms with Gasteiger partial charge in [-0.05, 0) is 25.5 Å². The molecule has 0 N–H and O–H groups in total. The molecule has 0 radical (unpaired) electrons. The van der Waals surface area contributed by atoms with Gasteiger partial charge in [0.2, 0.25) is 0 Å². The molecule has 0 saturated carbocycles. The van der Waals surface area contributed by atoms with Crippen molar-refractivity contribution in [1.29, 1.82) is 0 Å². The number of carbonyl (C=O) groups excluding carboxylic acids is 1. The predicted molar refractivity (Wildman–Crippen MR) is 83.0 cm³/mol. The summed E-state index contributed by atoms with van der Waals surface area (Å²) < 4.78 is 9.08. The van der Waals surface area contributed by atoms with E-state index >= 15 is 0 Å². The van der Waals surface area contributed by atoms with E-state index in [0.29, 0.717) is 18.0 Å². The van der Waals surface area contributed by atoms with E-state index in [0.717, 1.165) is 32.0 Å². The van der Waals surface area contributed by atoms with Crippen LogP contribution in [0, 0.1) is 5.92 Å². The lowest BCUT2D eigenvalue weighted by atomic mass is 10.1. The Morgan fingerprint density at radius 3 is 2.86 bits per heavy atom. The molecule has 3 heterocycles. The minimum Gasteiger partial charge on any atom is -0.381 e. The molecule has 1 fully saturated rings. The summed E-state index contributed by atoms with van der Waals surface area (Å²) >= 11 is 0. The summed E-state index contributed by atoms with van der Waals surface area (Å²) in [4.78, 5) is 14.8. The SMILES string of the molecule is CCN(C[C@H]1CCOC1)C(=O)c1cnn(C)c1-n1cccc1. The smallest absolute Gasteiger partial charge is 0.259 e. The number of hydrogen-bond donors (Lipinski definition) is 0. The zero-order chi connectivity index (χ0) is 15.5. The van der Waals surface area contributed by atoms with Crippen LogP contribution in [-0.2, 0) is 11.8 Å². The third kappa shape index (κ3) is 2.78. The highest BCUT2D eigenvalue weighted by Crippen LogP contribution is 2.19. The Hall–Kier alpha value is -2.08. The quantitative estimate of drug-likeness (QED) is 0.845. The summed E-state index contributed by atoms with van der Waals surface area (Å²) in [5.74, 6) is 1.28. The summed E-state index contributed by atoms with van der Waals surface area (Å²) in [6, 6.07) is 3.88. The maximum atomic E-state index is 12.9. The zero-order valence-electron chi connectivity index (χ0n) is 13.1. The van der Waals surface area contributed by atoms with E-state index in [2.05, 4.69) is 5.10 Å². The van der Waals surface area contributed by atoms with Crippen LogP contribution in [0.1, 0.15) is 23.7 Å². The van der Waals surface area contributed by atoms with Gasteiger partial charge in [0.25, 0.3) is 5.91 Å². The fourth-order valence-corrected chi connectivity index (χ4v) is 2.93. The second kappa shape index (κ2) is 6.36. The third-order valence-corrected chi connectivity index (χ3v) is 4.16. The number of amides is 1. The Morgan fingerprint density at radius 1 is 1.45 bits per heavy atom. The fraction of sp³-hybridized carbons (Fsp3) is 0.500. The van der Waals surface area contributed by atoms with Gasteiger partial charge >= 0.3 is 0 Å². The molecule has 0 bridgehead atoms. The van der Waals surface area contributed by atoms with Crippen molar-refractivity contribution in [2.45, 2.75) is 13.3 Å². The maximum Gasteiger partial charge on any atom is 0.259 e. The van der Waals surface area contributed by atoms with Crippen molar-refractivity contribution in [3.63, 3.8) is 0 Å². The van der Waals surface area contributed by atoms with Gasteiger partial charge in [-0.15, -0.1) is 0 Å². The molecule has 1 aliphatic heterocycles. The summed E-state index contributed by atoms with van der Waals surface area (Å²) in [5.41, 5.74) is 0.638. The average Bonchev–Trinajstić information content (AvgIpc) is 3.25. The minimum atomic E-state index is 0.0335. The van der Waals surface area contributed by atoms with Crippen molar-refractivity contribution in [2.75, 3.05) is 26.3 Å². The monoisotopic (exact) mass is 302 g/mol. The van der Waals surface area contributed by atoms with Crippen LogP contribution in [0.4, 0.5) is 0 Å². The number of rotatable bonds is 5. The minimum absolute atomic E-state index is 0.0335. The van der Waals surface area contributed by atoms with Gasteiger partial charge in [-0.25, -0.2) is 0 Å². The summed E-state index contributed by atoms with van der Waals surface area (Å²) in [5, 5.41) is 4.27. The van der Waals surface area contributed by atoms with Crippen LogP contribution < -0.4 is 0 Å². The van der Waals surface area contributed by atoms with Crippen molar-refractivity contribution in [3.05, 3.63) is 36.3 Å². The van der Waals surface area contributed by atoms with Crippen molar-refractivity contribution in [2.24, 2.45) is 13.0 Å². The van der Waals surface area contributed by atoms with E-state index in [-0.39, 0.29) is 5.91 Å². The zero-order valence-corrected chi connectivity index (χ0v) is 13.1. The first-order valence-corrected chi connectivity index (χ1v) is 7.73. The van der Waals surface area contributed by atoms with E-state index in [1.165, 1.54) is 0 Å². The lowest BCUT2D eigenvalue weighted by molar-refractivity contribution is 0.0730. The molecule has 1 amide bonds. The number of nitrogens with zero attached hydrogens (tertiary/aromatic N) is 4. The van der Waals surface area contributed by atoms with Gasteiger partial charge in [0, 0.05) is 45.1 Å². The van der Waals surface area contributed by atoms with Gasteiger partial charge in [-0.1, -0.05) is 0 Å². The van der Waals surface area contributed by atoms with Crippen LogP contribution in [0.2, 0.25) is 0 Å². The molecule has 2 aromatic rings. The Kier molecular flexibility index (Phi) is 4.29. The molecule has 0 unspecified atom stereocenters. The molecule has 0 spiro atoms. The molecular weight excluding hydrogens is 280 g/mol. The predicted octanol–water partition coefficient (Wildman–Crippen LogP) is 1.71. The van der Waals surface area contributed by atoms with Crippen molar-refractivity contribution in [1.82, 2.24) is 19.2 Å². The first kappa shape index (κ1) is 14.8. The van der Waals surface area contributed by atoms with Gasteiger partial charge in [0.1, 0.15) is 11.4 Å². The molecule has 2 aromatic heterocycles. The third-order valence-electron chi connectivity index (χ3n) is 4.16. The Bertz CT molecular complexity index is 627. The first-order chi connectivity index (χ1) is 10.7. The molecule has 1 atom stereocenters. The number of ether oxygens (including phenoxy) is 1. The number of aromatic nitrogens is 3. The highest BCUT2D eigenvalue weighted by Gasteiger charge is 2.25. The standard InChI is InChI=1S/C16H22N4O2/c1-3-19(11-13-6-9-22-12-13)16(21)14-10-17-18(2)15(14)20-7-4-5-8-20/h4-5,7-8,10,13H,3,6,9,11-12H2,1-2H3/t13-/m1/s1. The molecular formula is C16H22N4O2. The lowest BCUT2D eigenvalue weighted by Crippen LogP contribution is -2.35. The Balaban J connectivity index is 1.84. The van der Waals surface area contributed by atoms with Gasteiger partial charge in [0.15, 0.2) is 0 Å². The van der Waals surface area contributed by atoms with Crippen molar-refractivity contribution in [3.8, 4) is 5.82 Å². The number of aryl methyl sites for hydroxylation is 1. The molecule has 22 heavy (non-hydrogen) atoms. The summed E-state index contributed by atoms with van der Waals surface area (Å²) in [6.07, 6.45) is 6.54. The van der Waals surface area contributed by atoms with E-state index in [1.54, 1.807) is 10.9 Å². The van der Waals surface area contributed by atoms with Crippen LogP contribution in [0.25, 0.3) is 5.82 Å². The molecule has 0 aliphatic carbocycles. The molecule has 118 valence electrons. The van der Waals surface area contributed by atoms with Crippen LogP contribution in [-0.4, -0.2) is 51.5 Å². The van der Waals surface area contributed by atoms with E-state index in [4.69, 9.17) is 4.74 Å². The van der Waals surface area contributed by atoms with E-state index < -0.39 is 0 Å². The van der Waals surface area contributed by atoms with Crippen LogP contribution in [0.3, 0.4) is 0 Å². The Morgan fingerprint density at radius 2 is 2.23 bits per heavy atom. The fourth-order valence-electron chi connectivity index (χ4n) is 2.93. The second-order valence-corrected chi connectivity index (χ2v) is 5.67. The highest BCUT2D eigenvalue weighted by molar-refractivity contribution is 5.97. The van der Waals surface area contributed by atoms with Crippen LogP contribution in [0.5, 0.6) is 0 Å². The highest BCUT2D eigenvalue weighted by atomic mass is 16.5. The van der Waals surface area contributed by atoms with E-state index in [1.807, 2.05) is 48.0 Å². The van der Waals surface area contributed by atoms with Crippen LogP contribution >= 0.6 is 0 Å². The molecule has 3 rings (SSSR count). The van der Waals surface area contributed by atoms with Gasteiger partial charge < -0.3 is 14.2 Å². The van der Waals surface area contributed by atoms with Crippen LogP contribution in [0.15, 0.2) is 30.7 Å². The van der Waals surface area contributed by atoms with Crippen molar-refractivity contribution < 1.29 is 9.53 Å². The summed E-state index contributed by atoms with van der Waals surface area (Å²) in [6.45, 7) is 5.00. The Labute approximate surface area is 130 Å². The van der Waals surface area contributed by atoms with E-state index in [9.17, 15) is 4.79 Å². The molecule has 1 aliphatic rings. The second-order valence-electron chi connectivity index (χ2n) is 5.67. The molecule has 1 saturated heterocycles. The number of carbonyl (C=O) groups is 1. The van der Waals surface area contributed by atoms with Gasteiger partial charge in [-0.3, -0.25) is 9.48 Å². The van der Waals surface area contributed by atoms with Gasteiger partial charge in [-0.2, -0.15) is 5.10 Å². The summed E-state index contributed by atoms with van der Waals surface area (Å²) in [7, 11) is 1.85. The topological polar surface area (TPSA) is 52.3 Å². The molecule has 6 heteroatoms. The normalized spacial score (nSPS) is 17.8. The van der Waals surface area contributed by atoms with Crippen molar-refractivity contribution >= 4 is 5.91 Å². The maximum absolute atomic E-state index is 12.9. The lowest BCUT2D eigenvalue weighted by Gasteiger charge is -2.23.